The maximum Gasteiger partial charge on any atom is 0.337 e. The van der Waals surface area contributed by atoms with Crippen molar-refractivity contribution in [2.45, 2.75) is 12.2 Å². The van der Waals surface area contributed by atoms with Crippen LogP contribution in [0.25, 0.3) is 0 Å². The van der Waals surface area contributed by atoms with Crippen LogP contribution in [0.2, 0.25) is 5.02 Å². The van der Waals surface area contributed by atoms with Crippen molar-refractivity contribution in [3.8, 4) is 0 Å². The van der Waals surface area contributed by atoms with Crippen LogP contribution in [0, 0.1) is 0 Å². The Bertz CT molecular complexity index is 393. The van der Waals surface area contributed by atoms with Crippen molar-refractivity contribution in [2.75, 3.05) is 6.61 Å². The summed E-state index contributed by atoms with van der Waals surface area (Å²) in [6.45, 7) is -0.619. The average Bonchev–Trinajstić information content (AvgIpc) is 2.27. The van der Waals surface area contributed by atoms with Crippen molar-refractivity contribution in [3.63, 3.8) is 0 Å². The Balaban J connectivity index is 3.07. The lowest BCUT2D eigenvalue weighted by Gasteiger charge is -2.16. The van der Waals surface area contributed by atoms with Crippen LogP contribution in [-0.4, -0.2) is 39.1 Å². The van der Waals surface area contributed by atoms with Crippen LogP contribution in [-0.2, 0) is 0 Å². The number of aliphatic hydroxyl groups is 3. The van der Waals surface area contributed by atoms with Crippen LogP contribution in [0.4, 0.5) is 0 Å². The maximum atomic E-state index is 10.8. The highest BCUT2D eigenvalue weighted by atomic mass is 35.5. The van der Waals surface area contributed by atoms with E-state index in [0.29, 0.717) is 0 Å². The molecule has 0 saturated carbocycles. The molecular weight excluding hydrogens is 236 g/mol. The Hall–Kier alpha value is -1.14. The molecule has 4 N–H and O–H groups in total. The second-order valence-corrected chi connectivity index (χ2v) is 3.65. The molecule has 0 fully saturated rings. The molecular formula is C10H11ClO5. The molecule has 0 radical (unpaired) electrons. The average molecular weight is 247 g/mol. The second kappa shape index (κ2) is 5.27. The van der Waals surface area contributed by atoms with Gasteiger partial charge in [0.2, 0.25) is 0 Å². The fourth-order valence-electron chi connectivity index (χ4n) is 1.21. The summed E-state index contributed by atoms with van der Waals surface area (Å²) in [5.74, 6) is -1.22. The highest BCUT2D eigenvalue weighted by Gasteiger charge is 2.19. The van der Waals surface area contributed by atoms with Gasteiger partial charge in [-0.05, 0) is 17.7 Å². The lowest BCUT2D eigenvalue weighted by Crippen LogP contribution is -2.22. The van der Waals surface area contributed by atoms with E-state index in [2.05, 4.69) is 0 Å². The van der Waals surface area contributed by atoms with Crippen molar-refractivity contribution in [3.05, 3.63) is 34.3 Å². The number of rotatable bonds is 4. The number of hydrogen-bond donors (Lipinski definition) is 4. The van der Waals surface area contributed by atoms with Crippen molar-refractivity contribution in [1.29, 1.82) is 0 Å². The number of halogens is 1. The Kier molecular flexibility index (Phi) is 4.26. The molecule has 88 valence electrons. The molecule has 0 saturated heterocycles. The first-order valence-electron chi connectivity index (χ1n) is 4.47. The zero-order valence-electron chi connectivity index (χ0n) is 8.17. The molecule has 0 aromatic heterocycles. The van der Waals surface area contributed by atoms with E-state index in [1.165, 1.54) is 12.1 Å². The Morgan fingerprint density at radius 1 is 1.38 bits per heavy atom. The minimum atomic E-state index is -1.36. The molecule has 1 aromatic carbocycles. The number of aromatic carboxylic acids is 1. The van der Waals surface area contributed by atoms with Crippen molar-refractivity contribution in [1.82, 2.24) is 0 Å². The van der Waals surface area contributed by atoms with E-state index in [1.807, 2.05) is 0 Å². The van der Waals surface area contributed by atoms with Gasteiger partial charge >= 0.3 is 5.97 Å². The standard InChI is InChI=1S/C10H11ClO5/c11-7-2-1-5(3-6(7)10(15)16)9(14)8(13)4-12/h1-3,8-9,12-14H,4H2,(H,15,16). The van der Waals surface area contributed by atoms with Crippen LogP contribution < -0.4 is 0 Å². The quantitative estimate of drug-likeness (QED) is 0.617. The first-order chi connectivity index (χ1) is 7.47. The summed E-state index contributed by atoms with van der Waals surface area (Å²) in [5.41, 5.74) is 0.0201. The van der Waals surface area contributed by atoms with Gasteiger partial charge in [0, 0.05) is 0 Å². The number of hydrogen-bond acceptors (Lipinski definition) is 4. The summed E-state index contributed by atoms with van der Waals surface area (Å²) in [5, 5.41) is 36.2. The third-order valence-corrected chi connectivity index (χ3v) is 2.44. The topological polar surface area (TPSA) is 98.0 Å². The van der Waals surface area contributed by atoms with Gasteiger partial charge in [0.25, 0.3) is 0 Å². The number of aliphatic hydroxyl groups excluding tert-OH is 3. The maximum absolute atomic E-state index is 10.8. The lowest BCUT2D eigenvalue weighted by molar-refractivity contribution is -0.0152. The van der Waals surface area contributed by atoms with Gasteiger partial charge in [0.05, 0.1) is 17.2 Å². The zero-order chi connectivity index (χ0) is 12.3. The van der Waals surface area contributed by atoms with Gasteiger partial charge in [-0.2, -0.15) is 0 Å². The van der Waals surface area contributed by atoms with E-state index in [-0.39, 0.29) is 16.1 Å². The lowest BCUT2D eigenvalue weighted by atomic mass is 10.0. The predicted molar refractivity (Wildman–Crippen MR) is 56.5 cm³/mol. The van der Waals surface area contributed by atoms with Crippen LogP contribution in [0.5, 0.6) is 0 Å². The fraction of sp³-hybridized carbons (Fsp3) is 0.300. The van der Waals surface area contributed by atoms with Crippen LogP contribution in [0.15, 0.2) is 18.2 Å². The predicted octanol–water partition coefficient (Wildman–Crippen LogP) is 0.425. The Labute approximate surface area is 96.5 Å². The third kappa shape index (κ3) is 2.70. The molecule has 2 unspecified atom stereocenters. The Morgan fingerprint density at radius 3 is 2.50 bits per heavy atom. The molecule has 0 bridgehead atoms. The van der Waals surface area contributed by atoms with Gasteiger partial charge in [0.1, 0.15) is 12.2 Å². The van der Waals surface area contributed by atoms with E-state index in [4.69, 9.17) is 21.8 Å². The molecule has 0 aliphatic rings. The van der Waals surface area contributed by atoms with Gasteiger partial charge in [0.15, 0.2) is 0 Å². The fourth-order valence-corrected chi connectivity index (χ4v) is 1.41. The highest BCUT2D eigenvalue weighted by molar-refractivity contribution is 6.33. The van der Waals surface area contributed by atoms with Crippen LogP contribution in [0.1, 0.15) is 22.0 Å². The summed E-state index contributed by atoms with van der Waals surface area (Å²) >= 11 is 5.63. The minimum Gasteiger partial charge on any atom is -0.478 e. The van der Waals surface area contributed by atoms with E-state index in [1.54, 1.807) is 0 Å². The van der Waals surface area contributed by atoms with Gasteiger partial charge in [-0.3, -0.25) is 0 Å². The molecule has 2 atom stereocenters. The third-order valence-electron chi connectivity index (χ3n) is 2.11. The largest absolute Gasteiger partial charge is 0.478 e. The van der Waals surface area contributed by atoms with E-state index in [0.717, 1.165) is 6.07 Å². The molecule has 16 heavy (non-hydrogen) atoms. The molecule has 0 spiro atoms. The molecule has 6 heteroatoms. The zero-order valence-corrected chi connectivity index (χ0v) is 8.92. The van der Waals surface area contributed by atoms with Gasteiger partial charge < -0.3 is 20.4 Å². The molecule has 1 aromatic rings. The molecule has 0 aliphatic heterocycles. The van der Waals surface area contributed by atoms with Gasteiger partial charge in [-0.25, -0.2) is 4.79 Å². The normalized spacial score (nSPS) is 14.5. The second-order valence-electron chi connectivity index (χ2n) is 3.24. The van der Waals surface area contributed by atoms with Crippen molar-refractivity contribution in [2.24, 2.45) is 0 Å². The SMILES string of the molecule is O=C(O)c1cc(C(O)C(O)CO)ccc1Cl. The van der Waals surface area contributed by atoms with E-state index < -0.39 is 24.8 Å². The first kappa shape index (κ1) is 12.9. The van der Waals surface area contributed by atoms with Gasteiger partial charge in [-0.1, -0.05) is 17.7 Å². The number of carboxylic acids is 1. The van der Waals surface area contributed by atoms with Crippen LogP contribution >= 0.6 is 11.6 Å². The number of carboxylic acid groups (broad SMARTS) is 1. The smallest absolute Gasteiger partial charge is 0.337 e. The van der Waals surface area contributed by atoms with E-state index >= 15 is 0 Å². The molecule has 0 aliphatic carbocycles. The summed E-state index contributed by atoms with van der Waals surface area (Å²) in [7, 11) is 0. The number of benzene rings is 1. The Morgan fingerprint density at radius 2 is 2.00 bits per heavy atom. The molecule has 0 amide bonds. The van der Waals surface area contributed by atoms with Gasteiger partial charge in [-0.15, -0.1) is 0 Å². The first-order valence-corrected chi connectivity index (χ1v) is 4.85. The van der Waals surface area contributed by atoms with E-state index in [9.17, 15) is 15.0 Å². The number of carbonyl (C=O) groups is 1. The highest BCUT2D eigenvalue weighted by Crippen LogP contribution is 2.23. The summed E-state index contributed by atoms with van der Waals surface area (Å²) < 4.78 is 0. The summed E-state index contributed by atoms with van der Waals surface area (Å²) in [4.78, 5) is 10.8. The van der Waals surface area contributed by atoms with Crippen molar-refractivity contribution >= 4 is 17.6 Å². The molecule has 1 rings (SSSR count). The summed E-state index contributed by atoms with van der Waals surface area (Å²) in [6, 6.07) is 3.86. The van der Waals surface area contributed by atoms with Crippen molar-refractivity contribution < 1.29 is 25.2 Å². The summed E-state index contributed by atoms with van der Waals surface area (Å²) in [6.07, 6.45) is -2.71. The minimum absolute atomic E-state index is 0.0435. The molecule has 5 nitrogen and oxygen atoms in total. The molecule has 0 heterocycles. The van der Waals surface area contributed by atoms with Crippen LogP contribution in [0.3, 0.4) is 0 Å². The monoisotopic (exact) mass is 246 g/mol.